The Morgan fingerprint density at radius 3 is 2.52 bits per heavy atom. The Kier molecular flexibility index (Phi) is 3.83. The highest BCUT2D eigenvalue weighted by molar-refractivity contribution is 9.10. The maximum absolute atomic E-state index is 12.7. The van der Waals surface area contributed by atoms with Crippen molar-refractivity contribution < 1.29 is 18.3 Å². The van der Waals surface area contributed by atoms with Crippen molar-refractivity contribution in [1.82, 2.24) is 4.31 Å². The molecule has 21 heavy (non-hydrogen) atoms. The van der Waals surface area contributed by atoms with E-state index in [1.165, 1.54) is 16.4 Å². The largest absolute Gasteiger partial charge is 0.480 e. The fraction of sp³-hybridized carbons (Fsp3) is 0.500. The summed E-state index contributed by atoms with van der Waals surface area (Å²) in [6, 6.07) is 5.39. The molecule has 1 saturated carbocycles. The molecule has 0 aromatic heterocycles. The summed E-state index contributed by atoms with van der Waals surface area (Å²) < 4.78 is 27.5. The molecule has 114 valence electrons. The van der Waals surface area contributed by atoms with Gasteiger partial charge in [0.15, 0.2) is 0 Å². The van der Waals surface area contributed by atoms with Crippen LogP contribution in [0.5, 0.6) is 0 Å². The maximum Gasteiger partial charge on any atom is 0.322 e. The lowest BCUT2D eigenvalue weighted by atomic mass is 9.94. The van der Waals surface area contributed by atoms with Crippen molar-refractivity contribution in [2.24, 2.45) is 11.8 Å². The van der Waals surface area contributed by atoms with Gasteiger partial charge in [-0.05, 0) is 48.9 Å². The van der Waals surface area contributed by atoms with Gasteiger partial charge in [0.25, 0.3) is 0 Å². The van der Waals surface area contributed by atoms with E-state index >= 15 is 0 Å². The van der Waals surface area contributed by atoms with Gasteiger partial charge in [-0.15, -0.1) is 0 Å². The van der Waals surface area contributed by atoms with Crippen molar-refractivity contribution in [1.29, 1.82) is 0 Å². The van der Waals surface area contributed by atoms with Crippen molar-refractivity contribution in [2.75, 3.05) is 6.54 Å². The van der Waals surface area contributed by atoms with Crippen LogP contribution < -0.4 is 0 Å². The highest BCUT2D eigenvalue weighted by Crippen LogP contribution is 2.44. The van der Waals surface area contributed by atoms with Gasteiger partial charge in [-0.25, -0.2) is 8.42 Å². The molecule has 0 spiro atoms. The van der Waals surface area contributed by atoms with Crippen LogP contribution in [0.2, 0.25) is 0 Å². The quantitative estimate of drug-likeness (QED) is 0.881. The molecule has 3 rings (SSSR count). The van der Waals surface area contributed by atoms with Gasteiger partial charge in [0, 0.05) is 11.0 Å². The Hall–Kier alpha value is -0.920. The topological polar surface area (TPSA) is 74.7 Å². The van der Waals surface area contributed by atoms with Crippen LogP contribution >= 0.6 is 15.9 Å². The van der Waals surface area contributed by atoms with E-state index < -0.39 is 22.0 Å². The number of hydrogen-bond donors (Lipinski definition) is 1. The average Bonchev–Trinajstić information content (AvgIpc) is 2.98. The van der Waals surface area contributed by atoms with Gasteiger partial charge in [-0.2, -0.15) is 4.31 Å². The van der Waals surface area contributed by atoms with Gasteiger partial charge in [0.05, 0.1) is 4.90 Å². The van der Waals surface area contributed by atoms with E-state index in [0.717, 1.165) is 23.7 Å². The fourth-order valence-electron chi connectivity index (χ4n) is 3.56. The number of carboxylic acid groups (broad SMARTS) is 1. The van der Waals surface area contributed by atoms with Crippen LogP contribution in [0.15, 0.2) is 33.6 Å². The van der Waals surface area contributed by atoms with E-state index in [1.54, 1.807) is 12.1 Å². The Labute approximate surface area is 132 Å². The Bertz CT molecular complexity index is 658. The number of hydrogen-bond acceptors (Lipinski definition) is 3. The number of aliphatic carboxylic acids is 1. The van der Waals surface area contributed by atoms with Crippen LogP contribution in [0.25, 0.3) is 0 Å². The molecule has 1 saturated heterocycles. The van der Waals surface area contributed by atoms with Gasteiger partial charge in [0.1, 0.15) is 6.04 Å². The molecule has 2 fully saturated rings. The SMILES string of the molecule is O=C(O)C1C2CCCC2CN1S(=O)(=O)c1ccc(Br)cc1. The summed E-state index contributed by atoms with van der Waals surface area (Å²) in [5.41, 5.74) is 0. The van der Waals surface area contributed by atoms with E-state index in [-0.39, 0.29) is 16.7 Å². The number of nitrogens with zero attached hydrogens (tertiary/aromatic N) is 1. The molecule has 1 N–H and O–H groups in total. The van der Waals surface area contributed by atoms with Crippen LogP contribution in [0, 0.1) is 11.8 Å². The van der Waals surface area contributed by atoms with Gasteiger partial charge >= 0.3 is 5.97 Å². The first-order valence-corrected chi connectivity index (χ1v) is 9.15. The van der Waals surface area contributed by atoms with Gasteiger partial charge in [-0.1, -0.05) is 22.4 Å². The summed E-state index contributed by atoms with van der Waals surface area (Å²) in [5, 5.41) is 9.47. The summed E-state index contributed by atoms with van der Waals surface area (Å²) in [7, 11) is -3.76. The number of benzene rings is 1. The molecule has 3 atom stereocenters. The number of sulfonamides is 1. The fourth-order valence-corrected chi connectivity index (χ4v) is 5.51. The molecular weight excluding hydrogens is 358 g/mol. The lowest BCUT2D eigenvalue weighted by Gasteiger charge is -2.23. The molecule has 2 aliphatic rings. The number of fused-ring (bicyclic) bond motifs is 1. The van der Waals surface area contributed by atoms with Crippen molar-refractivity contribution >= 4 is 31.9 Å². The molecule has 1 aromatic carbocycles. The standard InChI is InChI=1S/C14H16BrNO4S/c15-10-4-6-11(7-5-10)21(19,20)16-8-9-2-1-3-12(9)13(16)14(17)18/h4-7,9,12-13H,1-3,8H2,(H,17,18). The minimum absolute atomic E-state index is 0.0484. The second-order valence-corrected chi connectivity index (χ2v) is 8.47. The van der Waals surface area contributed by atoms with Crippen LogP contribution in [-0.2, 0) is 14.8 Å². The number of rotatable bonds is 3. The summed E-state index contributed by atoms with van der Waals surface area (Å²) in [6.07, 6.45) is 2.71. The highest BCUT2D eigenvalue weighted by atomic mass is 79.9. The highest BCUT2D eigenvalue weighted by Gasteiger charge is 2.52. The lowest BCUT2D eigenvalue weighted by molar-refractivity contribution is -0.142. The molecule has 1 aromatic rings. The average molecular weight is 374 g/mol. The first-order valence-electron chi connectivity index (χ1n) is 6.91. The zero-order valence-corrected chi connectivity index (χ0v) is 13.7. The lowest BCUT2D eigenvalue weighted by Crippen LogP contribution is -2.43. The Balaban J connectivity index is 1.98. The van der Waals surface area contributed by atoms with Crippen molar-refractivity contribution in [2.45, 2.75) is 30.2 Å². The van der Waals surface area contributed by atoms with Crippen molar-refractivity contribution in [3.05, 3.63) is 28.7 Å². The van der Waals surface area contributed by atoms with Crippen LogP contribution in [0.4, 0.5) is 0 Å². The first-order chi connectivity index (χ1) is 9.91. The smallest absolute Gasteiger partial charge is 0.322 e. The summed E-state index contributed by atoms with van der Waals surface area (Å²) in [6.45, 7) is 0.319. The monoisotopic (exact) mass is 373 g/mol. The summed E-state index contributed by atoms with van der Waals surface area (Å²) in [4.78, 5) is 11.7. The summed E-state index contributed by atoms with van der Waals surface area (Å²) in [5.74, 6) is -0.908. The van der Waals surface area contributed by atoms with E-state index in [1.807, 2.05) is 0 Å². The molecule has 1 aliphatic carbocycles. The number of carbonyl (C=O) groups is 1. The van der Waals surface area contributed by atoms with Crippen molar-refractivity contribution in [3.8, 4) is 0 Å². The van der Waals surface area contributed by atoms with E-state index in [4.69, 9.17) is 0 Å². The molecule has 5 nitrogen and oxygen atoms in total. The Morgan fingerprint density at radius 2 is 1.90 bits per heavy atom. The van der Waals surface area contributed by atoms with Crippen LogP contribution in [0.1, 0.15) is 19.3 Å². The first kappa shape index (κ1) is 15.0. The molecule has 1 aliphatic heterocycles. The van der Waals surface area contributed by atoms with Gasteiger partial charge in [0.2, 0.25) is 10.0 Å². The van der Waals surface area contributed by atoms with Gasteiger partial charge < -0.3 is 5.11 Å². The zero-order chi connectivity index (χ0) is 15.2. The second kappa shape index (κ2) is 5.37. The van der Waals surface area contributed by atoms with E-state index in [9.17, 15) is 18.3 Å². The maximum atomic E-state index is 12.7. The van der Waals surface area contributed by atoms with Crippen LogP contribution in [0.3, 0.4) is 0 Å². The third kappa shape index (κ3) is 2.51. The third-order valence-corrected chi connectivity index (χ3v) is 6.91. The zero-order valence-electron chi connectivity index (χ0n) is 11.3. The normalized spacial score (nSPS) is 29.5. The molecule has 7 heteroatoms. The van der Waals surface area contributed by atoms with Gasteiger partial charge in [-0.3, -0.25) is 4.79 Å². The minimum atomic E-state index is -3.76. The molecule has 3 unspecified atom stereocenters. The van der Waals surface area contributed by atoms with E-state index in [2.05, 4.69) is 15.9 Å². The molecule has 0 radical (unpaired) electrons. The predicted molar refractivity (Wildman–Crippen MR) is 80.3 cm³/mol. The number of carboxylic acids is 1. The number of halogens is 1. The Morgan fingerprint density at radius 1 is 1.24 bits per heavy atom. The van der Waals surface area contributed by atoms with E-state index in [0.29, 0.717) is 6.54 Å². The second-order valence-electron chi connectivity index (χ2n) is 5.67. The van der Waals surface area contributed by atoms with Crippen LogP contribution in [-0.4, -0.2) is 36.4 Å². The molecule has 1 heterocycles. The minimum Gasteiger partial charge on any atom is -0.480 e. The molecule has 0 bridgehead atoms. The third-order valence-electron chi connectivity index (χ3n) is 4.52. The van der Waals surface area contributed by atoms with Crippen molar-refractivity contribution in [3.63, 3.8) is 0 Å². The predicted octanol–water partition coefficient (Wildman–Crippen LogP) is 2.32. The molecule has 0 amide bonds. The molecular formula is C14H16BrNO4S. The summed E-state index contributed by atoms with van der Waals surface area (Å²) >= 11 is 3.27.